The van der Waals surface area contributed by atoms with Crippen molar-refractivity contribution in [2.24, 2.45) is 0 Å². The Labute approximate surface area is 161 Å². The van der Waals surface area contributed by atoms with E-state index in [1.54, 1.807) is 13.2 Å². The highest BCUT2D eigenvalue weighted by molar-refractivity contribution is 6.01. The van der Waals surface area contributed by atoms with Gasteiger partial charge in [0.25, 0.3) is 11.6 Å². The number of amides is 1. The lowest BCUT2D eigenvalue weighted by Crippen LogP contribution is -2.26. The van der Waals surface area contributed by atoms with Crippen LogP contribution >= 0.6 is 0 Å². The van der Waals surface area contributed by atoms with Crippen LogP contribution in [-0.4, -0.2) is 38.2 Å². The van der Waals surface area contributed by atoms with Crippen LogP contribution in [0.5, 0.6) is 5.75 Å². The Morgan fingerprint density at radius 2 is 2.14 bits per heavy atom. The first-order chi connectivity index (χ1) is 13.5. The fourth-order valence-corrected chi connectivity index (χ4v) is 2.38. The molecule has 0 aliphatic rings. The van der Waals surface area contributed by atoms with Gasteiger partial charge in [0.05, 0.1) is 23.7 Å². The molecule has 0 spiro atoms. The fourth-order valence-electron chi connectivity index (χ4n) is 2.38. The highest BCUT2D eigenvalue weighted by Gasteiger charge is 2.19. The van der Waals surface area contributed by atoms with Gasteiger partial charge in [0.15, 0.2) is 0 Å². The zero-order valence-corrected chi connectivity index (χ0v) is 15.4. The number of carbonyl (C=O) groups is 1. The normalized spacial score (nSPS) is 11.0. The maximum Gasteiger partial charge on any atom is 0.284 e. The number of rotatable bonds is 9. The van der Waals surface area contributed by atoms with Crippen molar-refractivity contribution >= 4 is 17.7 Å². The Balaban J connectivity index is 2.23. The van der Waals surface area contributed by atoms with E-state index in [4.69, 9.17) is 13.9 Å². The molecule has 1 amide bonds. The molecule has 0 atom stereocenters. The number of ether oxygens (including phenoxy) is 2. The molecule has 146 valence electrons. The van der Waals surface area contributed by atoms with Crippen molar-refractivity contribution in [3.63, 3.8) is 0 Å². The van der Waals surface area contributed by atoms with Crippen LogP contribution in [0.3, 0.4) is 0 Å². The van der Waals surface area contributed by atoms with Crippen LogP contribution in [0.15, 0.2) is 40.3 Å². The third-order valence-corrected chi connectivity index (χ3v) is 3.76. The largest absolute Gasteiger partial charge is 0.497 e. The number of nitrogens with zero attached hydrogens (tertiary/aromatic N) is 2. The van der Waals surface area contributed by atoms with Gasteiger partial charge in [-0.25, -0.2) is 0 Å². The number of nitro groups is 1. The van der Waals surface area contributed by atoms with E-state index in [2.05, 4.69) is 5.32 Å². The zero-order chi connectivity index (χ0) is 20.5. The standard InChI is InChI=1S/C19H19N3O6/c1-26-9-3-8-21-19(23)13(12-20)10-15-5-7-18(28-15)16-6-4-14(27-2)11-17(16)22(24)25/h4-7,10-11H,3,8-9H2,1-2H3,(H,21,23)/b13-10+. The molecule has 9 heteroatoms. The van der Waals surface area contributed by atoms with E-state index in [0.717, 1.165) is 0 Å². The quantitative estimate of drug-likeness (QED) is 0.231. The van der Waals surface area contributed by atoms with E-state index in [9.17, 15) is 20.2 Å². The Bertz CT molecular complexity index is 926. The number of furan rings is 1. The Kier molecular flexibility index (Phi) is 7.30. The summed E-state index contributed by atoms with van der Waals surface area (Å²) in [6, 6.07) is 9.26. The predicted octanol–water partition coefficient (Wildman–Crippen LogP) is 2.92. The van der Waals surface area contributed by atoms with Gasteiger partial charge in [-0.1, -0.05) is 0 Å². The molecule has 1 aromatic heterocycles. The number of hydrogen-bond donors (Lipinski definition) is 1. The molecule has 1 aromatic carbocycles. The molecule has 9 nitrogen and oxygen atoms in total. The summed E-state index contributed by atoms with van der Waals surface area (Å²) in [5.41, 5.74) is -0.0591. The maximum absolute atomic E-state index is 12.0. The summed E-state index contributed by atoms with van der Waals surface area (Å²) in [4.78, 5) is 22.8. The monoisotopic (exact) mass is 385 g/mol. The molecule has 28 heavy (non-hydrogen) atoms. The average Bonchev–Trinajstić information content (AvgIpc) is 3.17. The molecule has 1 heterocycles. The van der Waals surface area contributed by atoms with Gasteiger partial charge >= 0.3 is 0 Å². The van der Waals surface area contributed by atoms with Crippen LogP contribution in [0.25, 0.3) is 17.4 Å². The minimum Gasteiger partial charge on any atom is -0.497 e. The van der Waals surface area contributed by atoms with E-state index in [0.29, 0.717) is 25.3 Å². The Morgan fingerprint density at radius 3 is 2.79 bits per heavy atom. The van der Waals surface area contributed by atoms with Gasteiger partial charge in [0, 0.05) is 26.3 Å². The van der Waals surface area contributed by atoms with Crippen molar-refractivity contribution < 1.29 is 23.6 Å². The van der Waals surface area contributed by atoms with Crippen LogP contribution in [-0.2, 0) is 9.53 Å². The van der Waals surface area contributed by atoms with Crippen molar-refractivity contribution in [2.75, 3.05) is 27.4 Å². The predicted molar refractivity (Wildman–Crippen MR) is 100 cm³/mol. The van der Waals surface area contributed by atoms with Gasteiger partial charge < -0.3 is 19.2 Å². The van der Waals surface area contributed by atoms with Crippen molar-refractivity contribution in [3.05, 3.63) is 51.8 Å². The van der Waals surface area contributed by atoms with Crippen LogP contribution < -0.4 is 10.1 Å². The topological polar surface area (TPSA) is 128 Å². The second-order valence-electron chi connectivity index (χ2n) is 5.61. The molecular weight excluding hydrogens is 366 g/mol. The molecular formula is C19H19N3O6. The summed E-state index contributed by atoms with van der Waals surface area (Å²) in [7, 11) is 2.97. The second kappa shape index (κ2) is 9.89. The lowest BCUT2D eigenvalue weighted by Gasteiger charge is -2.04. The molecule has 0 saturated heterocycles. The summed E-state index contributed by atoms with van der Waals surface area (Å²) in [5, 5.41) is 23.1. The van der Waals surface area contributed by atoms with E-state index >= 15 is 0 Å². The second-order valence-corrected chi connectivity index (χ2v) is 5.61. The summed E-state index contributed by atoms with van der Waals surface area (Å²) in [6.45, 7) is 0.862. The fraction of sp³-hybridized carbons (Fsp3) is 0.263. The minimum absolute atomic E-state index is 0.137. The molecule has 0 aliphatic heterocycles. The van der Waals surface area contributed by atoms with Gasteiger partial charge in [-0.15, -0.1) is 0 Å². The summed E-state index contributed by atoms with van der Waals surface area (Å²) < 4.78 is 15.5. The lowest BCUT2D eigenvalue weighted by atomic mass is 10.1. The molecule has 2 rings (SSSR count). The van der Waals surface area contributed by atoms with Crippen molar-refractivity contribution in [1.82, 2.24) is 5.32 Å². The average molecular weight is 385 g/mol. The Hall–Kier alpha value is -3.64. The number of methoxy groups -OCH3 is 2. The molecule has 0 radical (unpaired) electrons. The van der Waals surface area contributed by atoms with Gasteiger partial charge in [-0.05, 0) is 30.7 Å². The van der Waals surface area contributed by atoms with Gasteiger partial charge in [-0.3, -0.25) is 14.9 Å². The zero-order valence-electron chi connectivity index (χ0n) is 15.4. The molecule has 0 aliphatic carbocycles. The Morgan fingerprint density at radius 1 is 1.36 bits per heavy atom. The first kappa shape index (κ1) is 20.7. The maximum atomic E-state index is 12.0. The van der Waals surface area contributed by atoms with Gasteiger partial charge in [-0.2, -0.15) is 5.26 Å². The lowest BCUT2D eigenvalue weighted by molar-refractivity contribution is -0.384. The van der Waals surface area contributed by atoms with Crippen LogP contribution in [0.2, 0.25) is 0 Å². The van der Waals surface area contributed by atoms with E-state index in [1.165, 1.54) is 37.5 Å². The number of benzene rings is 1. The van der Waals surface area contributed by atoms with Crippen molar-refractivity contribution in [3.8, 4) is 23.1 Å². The summed E-state index contributed by atoms with van der Waals surface area (Å²) >= 11 is 0. The van der Waals surface area contributed by atoms with Crippen molar-refractivity contribution in [2.45, 2.75) is 6.42 Å². The SMILES string of the molecule is COCCCNC(=O)/C(C#N)=C/c1ccc(-c2ccc(OC)cc2[N+](=O)[O-])o1. The summed E-state index contributed by atoms with van der Waals surface area (Å²) in [5.74, 6) is 0.271. The molecule has 2 aromatic rings. The van der Waals surface area contributed by atoms with Gasteiger partial charge in [0.1, 0.15) is 28.9 Å². The van der Waals surface area contributed by atoms with Crippen LogP contribution in [0, 0.1) is 21.4 Å². The molecule has 0 saturated carbocycles. The third kappa shape index (κ3) is 5.18. The number of carbonyl (C=O) groups excluding carboxylic acids is 1. The van der Waals surface area contributed by atoms with Gasteiger partial charge in [0.2, 0.25) is 0 Å². The first-order valence-corrected chi connectivity index (χ1v) is 8.31. The van der Waals surface area contributed by atoms with Crippen LogP contribution in [0.1, 0.15) is 12.2 Å². The van der Waals surface area contributed by atoms with E-state index in [1.807, 2.05) is 6.07 Å². The molecule has 1 N–H and O–H groups in total. The highest BCUT2D eigenvalue weighted by atomic mass is 16.6. The number of nitro benzene ring substituents is 1. The number of nitrogens with one attached hydrogen (secondary N) is 1. The molecule has 0 bridgehead atoms. The van der Waals surface area contributed by atoms with E-state index in [-0.39, 0.29) is 28.3 Å². The number of nitriles is 1. The smallest absolute Gasteiger partial charge is 0.284 e. The molecule has 0 fully saturated rings. The number of hydrogen-bond acceptors (Lipinski definition) is 7. The molecule has 0 unspecified atom stereocenters. The first-order valence-electron chi connectivity index (χ1n) is 8.31. The third-order valence-electron chi connectivity index (χ3n) is 3.76. The highest BCUT2D eigenvalue weighted by Crippen LogP contribution is 2.34. The summed E-state index contributed by atoms with van der Waals surface area (Å²) in [6.07, 6.45) is 1.90. The minimum atomic E-state index is -0.538. The van der Waals surface area contributed by atoms with Crippen LogP contribution in [0.4, 0.5) is 5.69 Å². The van der Waals surface area contributed by atoms with E-state index < -0.39 is 10.8 Å². The van der Waals surface area contributed by atoms with Crippen molar-refractivity contribution in [1.29, 1.82) is 5.26 Å².